The van der Waals surface area contributed by atoms with Crippen molar-refractivity contribution in [3.05, 3.63) is 24.3 Å². The highest BCUT2D eigenvalue weighted by molar-refractivity contribution is 5.89. The molecular weight excluding hydrogens is 424 g/mol. The lowest BCUT2D eigenvalue weighted by molar-refractivity contribution is -0.122. The molecule has 0 unspecified atom stereocenters. The highest BCUT2D eigenvalue weighted by atomic mass is 16.5. The molecule has 0 bridgehead atoms. The summed E-state index contributed by atoms with van der Waals surface area (Å²) in [5.41, 5.74) is 0.652. The van der Waals surface area contributed by atoms with Gasteiger partial charge in [-0.15, -0.1) is 0 Å². The number of piperidine rings is 1. The van der Waals surface area contributed by atoms with E-state index < -0.39 is 6.10 Å². The summed E-state index contributed by atoms with van der Waals surface area (Å²) >= 11 is 0. The van der Waals surface area contributed by atoms with Crippen LogP contribution in [0, 0.1) is 0 Å². The Morgan fingerprint density at radius 1 is 1.15 bits per heavy atom. The molecule has 0 aliphatic carbocycles. The Kier molecular flexibility index (Phi) is 10.2. The fourth-order valence-corrected chi connectivity index (χ4v) is 4.42. The molecule has 0 spiro atoms. The number of nitrogens with zero attached hydrogens (tertiary/aromatic N) is 1. The first-order valence-corrected chi connectivity index (χ1v) is 12.0. The lowest BCUT2D eigenvalue weighted by Crippen LogP contribution is -2.52. The monoisotopic (exact) mass is 462 g/mol. The van der Waals surface area contributed by atoms with Crippen LogP contribution in [0.2, 0.25) is 0 Å². The highest BCUT2D eigenvalue weighted by Gasteiger charge is 2.31. The number of ether oxygens (including phenoxy) is 2. The van der Waals surface area contributed by atoms with Gasteiger partial charge in [0.1, 0.15) is 11.9 Å². The van der Waals surface area contributed by atoms with Crippen molar-refractivity contribution in [2.75, 3.05) is 45.2 Å². The van der Waals surface area contributed by atoms with Crippen LogP contribution >= 0.6 is 0 Å². The predicted molar refractivity (Wildman–Crippen MR) is 126 cm³/mol. The molecule has 1 aromatic carbocycles. The van der Waals surface area contributed by atoms with Crippen LogP contribution in [0.15, 0.2) is 24.3 Å². The molecule has 2 fully saturated rings. The van der Waals surface area contributed by atoms with Crippen molar-refractivity contribution in [2.45, 2.75) is 63.2 Å². The van der Waals surface area contributed by atoms with Crippen LogP contribution in [0.3, 0.4) is 0 Å². The number of hydrogen-bond acceptors (Lipinski definition) is 6. The Morgan fingerprint density at radius 3 is 2.61 bits per heavy atom. The zero-order valence-corrected chi connectivity index (χ0v) is 19.6. The van der Waals surface area contributed by atoms with Crippen LogP contribution in [-0.2, 0) is 9.53 Å². The molecule has 1 aromatic rings. The van der Waals surface area contributed by atoms with Gasteiger partial charge in [-0.05, 0) is 69.5 Å². The third-order valence-electron chi connectivity index (χ3n) is 6.35. The average molecular weight is 463 g/mol. The molecule has 2 heterocycles. The third kappa shape index (κ3) is 8.49. The van der Waals surface area contributed by atoms with Crippen LogP contribution in [0.25, 0.3) is 0 Å². The van der Waals surface area contributed by atoms with Crippen LogP contribution in [-0.4, -0.2) is 80.1 Å². The fourth-order valence-electron chi connectivity index (χ4n) is 4.42. The van der Waals surface area contributed by atoms with Gasteiger partial charge in [0.05, 0.1) is 25.9 Å². The van der Waals surface area contributed by atoms with E-state index in [0.29, 0.717) is 37.2 Å². The minimum absolute atomic E-state index is 0.0488. The van der Waals surface area contributed by atoms with Crippen molar-refractivity contribution in [3.8, 4) is 5.75 Å². The van der Waals surface area contributed by atoms with E-state index in [-0.39, 0.29) is 30.7 Å². The number of anilines is 1. The number of methoxy groups -OCH3 is 1. The molecule has 4 N–H and O–H groups in total. The van der Waals surface area contributed by atoms with Gasteiger partial charge in [-0.1, -0.05) is 6.42 Å². The molecule has 2 aliphatic rings. The maximum atomic E-state index is 12.4. The molecule has 33 heavy (non-hydrogen) atoms. The third-order valence-corrected chi connectivity index (χ3v) is 6.35. The van der Waals surface area contributed by atoms with Gasteiger partial charge in [0.2, 0.25) is 5.91 Å². The summed E-state index contributed by atoms with van der Waals surface area (Å²) < 4.78 is 11.1. The Morgan fingerprint density at radius 2 is 1.91 bits per heavy atom. The van der Waals surface area contributed by atoms with E-state index >= 15 is 0 Å². The van der Waals surface area contributed by atoms with E-state index in [0.717, 1.165) is 26.1 Å². The van der Waals surface area contributed by atoms with Gasteiger partial charge in [0, 0.05) is 25.2 Å². The van der Waals surface area contributed by atoms with Gasteiger partial charge >= 0.3 is 6.03 Å². The van der Waals surface area contributed by atoms with E-state index in [2.05, 4.69) is 20.9 Å². The lowest BCUT2D eigenvalue weighted by Gasteiger charge is -2.36. The zero-order chi connectivity index (χ0) is 23.5. The second-order valence-corrected chi connectivity index (χ2v) is 8.78. The molecule has 184 valence electrons. The number of likely N-dealkylation sites (tertiary alicyclic amines) is 1. The minimum Gasteiger partial charge on any atom is -0.497 e. The maximum Gasteiger partial charge on any atom is 0.319 e. The van der Waals surface area contributed by atoms with E-state index in [4.69, 9.17) is 9.47 Å². The van der Waals surface area contributed by atoms with Gasteiger partial charge in [0.25, 0.3) is 0 Å². The Bertz CT molecular complexity index is 739. The minimum atomic E-state index is -0.472. The standard InChI is InChI=1S/C24H38N4O5/c1-32-19-7-5-18(6-8-19)26-24(31)27-21-10-9-20(33-22(21)17-29)11-13-25-23(30)12-16-28-14-3-2-4-15-28/h5-8,20-22,29H,2-4,9-17H2,1H3,(H,25,30)(H2,26,27,31)/t20-,21+,22-/m1/s1. The smallest absolute Gasteiger partial charge is 0.319 e. The first-order valence-electron chi connectivity index (χ1n) is 12.0. The summed E-state index contributed by atoms with van der Waals surface area (Å²) in [7, 11) is 1.59. The van der Waals surface area contributed by atoms with E-state index in [1.165, 1.54) is 19.3 Å². The maximum absolute atomic E-state index is 12.4. The molecular formula is C24H38N4O5. The van der Waals surface area contributed by atoms with Crippen molar-refractivity contribution in [3.63, 3.8) is 0 Å². The van der Waals surface area contributed by atoms with Crippen LogP contribution in [0.1, 0.15) is 44.9 Å². The SMILES string of the molecule is COc1ccc(NC(=O)N[C@H]2CC[C@H](CCNC(=O)CCN3CCCCC3)O[C@@H]2CO)cc1. The second-order valence-electron chi connectivity index (χ2n) is 8.78. The number of aliphatic hydroxyl groups is 1. The molecule has 0 aromatic heterocycles. The van der Waals surface area contributed by atoms with Gasteiger partial charge < -0.3 is 35.4 Å². The second kappa shape index (κ2) is 13.4. The van der Waals surface area contributed by atoms with Gasteiger partial charge in [-0.3, -0.25) is 4.79 Å². The van der Waals surface area contributed by atoms with Crippen LogP contribution < -0.4 is 20.7 Å². The van der Waals surface area contributed by atoms with Gasteiger partial charge in [0.15, 0.2) is 0 Å². The first-order chi connectivity index (χ1) is 16.1. The summed E-state index contributed by atoms with van der Waals surface area (Å²) in [5.74, 6) is 0.788. The average Bonchev–Trinajstić information content (AvgIpc) is 2.84. The number of aliphatic hydroxyl groups excluding tert-OH is 1. The summed E-state index contributed by atoms with van der Waals surface area (Å²) in [6.07, 6.45) is 5.91. The summed E-state index contributed by atoms with van der Waals surface area (Å²) in [4.78, 5) is 26.8. The first kappa shape index (κ1) is 25.3. The van der Waals surface area contributed by atoms with Crippen LogP contribution in [0.5, 0.6) is 5.75 Å². The molecule has 2 aliphatic heterocycles. The number of nitrogens with one attached hydrogen (secondary N) is 3. The molecule has 9 nitrogen and oxygen atoms in total. The molecule has 0 saturated carbocycles. The van der Waals surface area contributed by atoms with E-state index in [1.54, 1.807) is 31.4 Å². The molecule has 3 amide bonds. The Labute approximate surface area is 196 Å². The predicted octanol–water partition coefficient (Wildman–Crippen LogP) is 2.11. The number of carbonyl (C=O) groups is 2. The number of amides is 3. The Hall–Kier alpha value is -2.36. The number of benzene rings is 1. The number of carbonyl (C=O) groups excluding carboxylic acids is 2. The Balaban J connectivity index is 1.33. The van der Waals surface area contributed by atoms with Gasteiger partial charge in [-0.25, -0.2) is 4.79 Å². The number of urea groups is 1. The largest absolute Gasteiger partial charge is 0.497 e. The van der Waals surface area contributed by atoms with Crippen molar-refractivity contribution < 1.29 is 24.2 Å². The van der Waals surface area contributed by atoms with Crippen molar-refractivity contribution in [2.24, 2.45) is 0 Å². The van der Waals surface area contributed by atoms with Gasteiger partial charge in [-0.2, -0.15) is 0 Å². The zero-order valence-electron chi connectivity index (χ0n) is 19.6. The van der Waals surface area contributed by atoms with Crippen molar-refractivity contribution >= 4 is 17.6 Å². The van der Waals surface area contributed by atoms with E-state index in [9.17, 15) is 14.7 Å². The molecule has 3 atom stereocenters. The lowest BCUT2D eigenvalue weighted by atomic mass is 9.97. The van der Waals surface area contributed by atoms with E-state index in [1.807, 2.05) is 0 Å². The fraction of sp³-hybridized carbons (Fsp3) is 0.667. The van der Waals surface area contributed by atoms with Crippen LogP contribution in [0.4, 0.5) is 10.5 Å². The molecule has 9 heteroatoms. The normalized spacial score (nSPS) is 23.5. The number of hydrogen-bond donors (Lipinski definition) is 4. The topological polar surface area (TPSA) is 112 Å². The highest BCUT2D eigenvalue weighted by Crippen LogP contribution is 2.22. The van der Waals surface area contributed by atoms with Crippen molar-refractivity contribution in [1.29, 1.82) is 0 Å². The summed E-state index contributed by atoms with van der Waals surface area (Å²) in [5, 5.41) is 18.4. The molecule has 2 saturated heterocycles. The number of rotatable bonds is 10. The quantitative estimate of drug-likeness (QED) is 0.424. The summed E-state index contributed by atoms with van der Waals surface area (Å²) in [6, 6.07) is 6.45. The van der Waals surface area contributed by atoms with Crippen molar-refractivity contribution in [1.82, 2.24) is 15.5 Å². The summed E-state index contributed by atoms with van der Waals surface area (Å²) in [6.45, 7) is 3.40. The molecule has 0 radical (unpaired) electrons. The molecule has 3 rings (SSSR count).